The lowest BCUT2D eigenvalue weighted by Crippen LogP contribution is -2.27. The molecule has 7 nitrogen and oxygen atoms in total. The van der Waals surface area contributed by atoms with Crippen LogP contribution < -0.4 is 20.1 Å². The van der Waals surface area contributed by atoms with Crippen molar-refractivity contribution < 1.29 is 28.4 Å². The van der Waals surface area contributed by atoms with Crippen LogP contribution in [0, 0.1) is 6.92 Å². The number of hydrogen-bond acceptors (Lipinski definition) is 5. The summed E-state index contributed by atoms with van der Waals surface area (Å²) in [6.07, 6.45) is 1.58. The van der Waals surface area contributed by atoms with E-state index in [2.05, 4.69) is 10.6 Å². The molecule has 1 heterocycles. The van der Waals surface area contributed by atoms with Crippen molar-refractivity contribution in [1.29, 1.82) is 0 Å². The van der Waals surface area contributed by atoms with Gasteiger partial charge in [0, 0.05) is 22.1 Å². The third-order valence-corrected chi connectivity index (χ3v) is 6.46. The summed E-state index contributed by atoms with van der Waals surface area (Å²) in [4.78, 5) is 25.4. The number of aliphatic hydroxyl groups is 1. The van der Waals surface area contributed by atoms with Crippen LogP contribution in [0.25, 0.3) is 11.1 Å². The summed E-state index contributed by atoms with van der Waals surface area (Å²) in [6, 6.07) is 18.8. The van der Waals surface area contributed by atoms with Crippen molar-refractivity contribution in [3.8, 4) is 22.6 Å². The predicted molar refractivity (Wildman–Crippen MR) is 134 cm³/mol. The fraction of sp³-hybridized carbons (Fsp3) is 0.259. The smallest absolute Gasteiger partial charge is 0.251 e. The highest BCUT2D eigenvalue weighted by Gasteiger charge is 2.51. The van der Waals surface area contributed by atoms with Gasteiger partial charge < -0.3 is 25.2 Å². The van der Waals surface area contributed by atoms with Gasteiger partial charge in [-0.15, -0.1) is 0 Å². The van der Waals surface area contributed by atoms with Crippen LogP contribution in [0.2, 0.25) is 0 Å². The van der Waals surface area contributed by atoms with Gasteiger partial charge in [-0.3, -0.25) is 9.59 Å². The first-order valence-electron chi connectivity index (χ1n) is 11.3. The number of anilines is 1. The van der Waals surface area contributed by atoms with Gasteiger partial charge in [0.1, 0.15) is 0 Å². The number of ether oxygens (including phenoxy) is 2. The van der Waals surface area contributed by atoms with Crippen LogP contribution >= 0.6 is 0 Å². The minimum atomic E-state index is -0.546. The topological polar surface area (TPSA) is 96.9 Å². The van der Waals surface area contributed by atoms with Crippen LogP contribution in [0.4, 0.5) is 5.69 Å². The van der Waals surface area contributed by atoms with Crippen LogP contribution in [-0.2, 0) is 10.2 Å². The van der Waals surface area contributed by atoms with Gasteiger partial charge >= 0.3 is 0 Å². The number of fused-ring (bicyclic) bond motifs is 1. The molecule has 0 aromatic heterocycles. The summed E-state index contributed by atoms with van der Waals surface area (Å²) < 4.78 is 10.9. The number of carbonyl (C=O) groups excluding carboxylic acids is 2. The molecule has 7 heteroatoms. The lowest BCUT2D eigenvalue weighted by atomic mass is 9.94. The molecule has 0 atom stereocenters. The summed E-state index contributed by atoms with van der Waals surface area (Å²) >= 11 is 0. The lowest BCUT2D eigenvalue weighted by Gasteiger charge is -2.17. The SMILES string of the molecule is Cc1ccc(NC(=O)C2(c3ccc4c(c3)OCO4)CC2)cc1-c1ccc(C(=O)NCCO)cc1.[HH].[HH].[HH]. The Kier molecular flexibility index (Phi) is 5.71. The molecule has 1 fully saturated rings. The summed E-state index contributed by atoms with van der Waals surface area (Å²) in [6.45, 7) is 2.34. The van der Waals surface area contributed by atoms with Gasteiger partial charge in [-0.05, 0) is 78.4 Å². The van der Waals surface area contributed by atoms with E-state index in [4.69, 9.17) is 14.6 Å². The Hall–Kier alpha value is -3.84. The number of carbonyl (C=O) groups is 2. The number of rotatable bonds is 7. The molecule has 0 bridgehead atoms. The van der Waals surface area contributed by atoms with Gasteiger partial charge in [-0.2, -0.15) is 0 Å². The Bertz CT molecular complexity index is 1260. The molecule has 0 unspecified atom stereocenters. The van der Waals surface area contributed by atoms with E-state index >= 15 is 0 Å². The van der Waals surface area contributed by atoms with E-state index in [1.54, 1.807) is 12.1 Å². The first-order valence-corrected chi connectivity index (χ1v) is 11.3. The van der Waals surface area contributed by atoms with E-state index in [-0.39, 0.29) is 36.0 Å². The second kappa shape index (κ2) is 8.83. The fourth-order valence-corrected chi connectivity index (χ4v) is 4.30. The van der Waals surface area contributed by atoms with Crippen molar-refractivity contribution in [3.63, 3.8) is 0 Å². The number of nitrogens with one attached hydrogen (secondary N) is 2. The van der Waals surface area contributed by atoms with Gasteiger partial charge in [-0.25, -0.2) is 0 Å². The summed E-state index contributed by atoms with van der Waals surface area (Å²) in [5, 5.41) is 14.6. The number of aliphatic hydroxyl groups excluding tert-OH is 1. The van der Waals surface area contributed by atoms with E-state index in [0.717, 1.165) is 40.8 Å². The van der Waals surface area contributed by atoms with Gasteiger partial charge in [0.2, 0.25) is 12.7 Å². The Morgan fingerprint density at radius 1 is 1.00 bits per heavy atom. The van der Waals surface area contributed by atoms with Crippen molar-refractivity contribution in [2.24, 2.45) is 0 Å². The molecule has 3 aromatic rings. The molecule has 0 saturated heterocycles. The van der Waals surface area contributed by atoms with Crippen LogP contribution in [0.15, 0.2) is 60.7 Å². The molecule has 1 aliphatic heterocycles. The number of benzene rings is 3. The fourth-order valence-electron chi connectivity index (χ4n) is 4.30. The Labute approximate surface area is 202 Å². The predicted octanol–water partition coefficient (Wildman–Crippen LogP) is 4.52. The van der Waals surface area contributed by atoms with Crippen molar-refractivity contribution in [2.45, 2.75) is 25.2 Å². The van der Waals surface area contributed by atoms with E-state index in [1.807, 2.05) is 55.5 Å². The van der Waals surface area contributed by atoms with Crippen LogP contribution in [-0.4, -0.2) is 36.9 Å². The zero-order chi connectivity index (χ0) is 23.7. The molecule has 34 heavy (non-hydrogen) atoms. The standard InChI is InChI=1S/C27H26N2O5.3H2/c1-17-2-8-21(15-22(17)18-3-5-19(6-4-18)25(31)28-12-13-30)29-26(32)27(10-11-27)20-7-9-23-24(14-20)34-16-33-23;;;/h2-9,14-15,30H,10-13,16H2,1H3,(H,28,31)(H,29,32);3*1H. The maximum atomic E-state index is 13.3. The Morgan fingerprint density at radius 3 is 2.50 bits per heavy atom. The molecule has 1 saturated carbocycles. The molecule has 3 aromatic carbocycles. The minimum absolute atomic E-state index is 0. The highest BCUT2D eigenvalue weighted by molar-refractivity contribution is 6.02. The maximum Gasteiger partial charge on any atom is 0.251 e. The van der Waals surface area contributed by atoms with Crippen molar-refractivity contribution in [2.75, 3.05) is 25.3 Å². The number of hydrogen-bond donors (Lipinski definition) is 3. The van der Waals surface area contributed by atoms with Crippen LogP contribution in [0.1, 0.15) is 38.6 Å². The van der Waals surface area contributed by atoms with Crippen LogP contribution in [0.3, 0.4) is 0 Å². The second-order valence-electron chi connectivity index (χ2n) is 8.69. The molecular formula is C27H32N2O5. The van der Waals surface area contributed by atoms with Crippen molar-refractivity contribution in [1.82, 2.24) is 5.32 Å². The largest absolute Gasteiger partial charge is 0.454 e. The molecule has 2 aliphatic rings. The third kappa shape index (κ3) is 4.10. The highest BCUT2D eigenvalue weighted by Crippen LogP contribution is 2.51. The summed E-state index contributed by atoms with van der Waals surface area (Å²) in [5.41, 5.74) is 4.64. The van der Waals surface area contributed by atoms with Gasteiger partial charge in [0.25, 0.3) is 5.91 Å². The molecule has 0 radical (unpaired) electrons. The molecule has 1 aliphatic carbocycles. The molecule has 180 valence electrons. The van der Waals surface area contributed by atoms with E-state index in [1.165, 1.54) is 0 Å². The van der Waals surface area contributed by atoms with E-state index in [9.17, 15) is 9.59 Å². The van der Waals surface area contributed by atoms with Crippen molar-refractivity contribution >= 4 is 17.5 Å². The monoisotopic (exact) mass is 464 g/mol. The van der Waals surface area contributed by atoms with Gasteiger partial charge in [0.05, 0.1) is 12.0 Å². The Balaban J connectivity index is 0.00000160. The Morgan fingerprint density at radius 2 is 1.76 bits per heavy atom. The zero-order valence-electron chi connectivity index (χ0n) is 18.9. The first kappa shape index (κ1) is 22.0. The number of aryl methyl sites for hydroxylation is 1. The lowest BCUT2D eigenvalue weighted by molar-refractivity contribution is -0.118. The third-order valence-electron chi connectivity index (χ3n) is 6.46. The zero-order valence-corrected chi connectivity index (χ0v) is 18.9. The van der Waals surface area contributed by atoms with Gasteiger partial charge in [-0.1, -0.05) is 24.3 Å². The molecule has 0 spiro atoms. The summed E-state index contributed by atoms with van der Waals surface area (Å²) in [7, 11) is 0. The van der Waals surface area contributed by atoms with Crippen LogP contribution in [0.5, 0.6) is 11.5 Å². The van der Waals surface area contributed by atoms with E-state index < -0.39 is 5.41 Å². The van der Waals surface area contributed by atoms with Crippen molar-refractivity contribution in [3.05, 3.63) is 77.4 Å². The average molecular weight is 465 g/mol. The minimum Gasteiger partial charge on any atom is -0.454 e. The normalized spacial score (nSPS) is 15.0. The van der Waals surface area contributed by atoms with E-state index in [0.29, 0.717) is 17.1 Å². The highest BCUT2D eigenvalue weighted by atomic mass is 16.7. The second-order valence-corrected chi connectivity index (χ2v) is 8.69. The molecule has 3 N–H and O–H groups in total. The van der Waals surface area contributed by atoms with Gasteiger partial charge in [0.15, 0.2) is 11.5 Å². The molecule has 5 rings (SSSR count). The number of amides is 2. The maximum absolute atomic E-state index is 13.3. The average Bonchev–Trinajstić information content (AvgIpc) is 3.54. The first-order chi connectivity index (χ1) is 16.5. The quantitative estimate of drug-likeness (QED) is 0.478. The summed E-state index contributed by atoms with van der Waals surface area (Å²) in [5.74, 6) is 1.14. The molecule has 2 amide bonds. The molecular weight excluding hydrogens is 432 g/mol.